The lowest BCUT2D eigenvalue weighted by atomic mass is 9.74. The van der Waals surface area contributed by atoms with E-state index in [9.17, 15) is 9.59 Å². The van der Waals surface area contributed by atoms with Gasteiger partial charge in [-0.1, -0.05) is 41.0 Å². The zero-order valence-electron chi connectivity index (χ0n) is 20.1. The number of ketones is 1. The van der Waals surface area contributed by atoms with Gasteiger partial charge in [0.2, 0.25) is 0 Å². The molecule has 0 aliphatic carbocycles. The van der Waals surface area contributed by atoms with Crippen LogP contribution < -0.4 is 0 Å². The predicted molar refractivity (Wildman–Crippen MR) is 120 cm³/mol. The molecule has 3 atom stereocenters. The van der Waals surface area contributed by atoms with Crippen LogP contribution in [0.3, 0.4) is 0 Å². The summed E-state index contributed by atoms with van der Waals surface area (Å²) in [6.45, 7) is 15.1. The lowest BCUT2D eigenvalue weighted by molar-refractivity contribution is -0.153. The molecular weight excluding hydrogens is 364 g/mol. The number of carbonyl (C=O) groups is 2. The van der Waals surface area contributed by atoms with Crippen LogP contribution in [0, 0.1) is 23.2 Å². The van der Waals surface area contributed by atoms with Crippen molar-refractivity contribution in [2.75, 3.05) is 46.9 Å². The molecule has 170 valence electrons. The van der Waals surface area contributed by atoms with Crippen molar-refractivity contribution in [2.24, 2.45) is 23.2 Å². The number of Topliss-reactive ketones (excluding diaryl/α,β-unsaturated/α-hetero) is 1. The average molecular weight is 411 g/mol. The van der Waals surface area contributed by atoms with Gasteiger partial charge in [-0.2, -0.15) is 0 Å². The van der Waals surface area contributed by atoms with E-state index in [0.717, 1.165) is 45.3 Å². The van der Waals surface area contributed by atoms with Crippen LogP contribution in [-0.2, 0) is 14.3 Å². The van der Waals surface area contributed by atoms with E-state index in [-0.39, 0.29) is 23.1 Å². The van der Waals surface area contributed by atoms with Crippen LogP contribution in [0.4, 0.5) is 0 Å². The average Bonchev–Trinajstić information content (AvgIpc) is 2.60. The molecule has 0 aromatic heterocycles. The summed E-state index contributed by atoms with van der Waals surface area (Å²) in [6.07, 6.45) is 5.62. The van der Waals surface area contributed by atoms with E-state index in [1.165, 1.54) is 6.42 Å². The molecule has 0 amide bonds. The number of cyclic esters (lactones) is 1. The highest BCUT2D eigenvalue weighted by Gasteiger charge is 2.34. The third kappa shape index (κ3) is 10.1. The predicted octanol–water partition coefficient (Wildman–Crippen LogP) is 4.25. The zero-order valence-corrected chi connectivity index (χ0v) is 20.1. The van der Waals surface area contributed by atoms with Crippen molar-refractivity contribution < 1.29 is 14.3 Å². The van der Waals surface area contributed by atoms with Crippen molar-refractivity contribution in [2.45, 2.75) is 73.1 Å². The normalized spacial score (nSPS) is 30.4. The molecule has 29 heavy (non-hydrogen) atoms. The highest BCUT2D eigenvalue weighted by Crippen LogP contribution is 2.34. The molecule has 1 saturated heterocycles. The summed E-state index contributed by atoms with van der Waals surface area (Å²) in [5.41, 5.74) is 0.0736. The minimum absolute atomic E-state index is 0.0594. The number of ether oxygens (including phenoxy) is 1. The molecule has 0 aromatic carbocycles. The van der Waals surface area contributed by atoms with Gasteiger partial charge in [0.05, 0.1) is 0 Å². The van der Waals surface area contributed by atoms with Crippen LogP contribution >= 0.6 is 0 Å². The Hall–Kier alpha value is -0.940. The lowest BCUT2D eigenvalue weighted by Gasteiger charge is -2.33. The molecular formula is C24H46N2O3. The summed E-state index contributed by atoms with van der Waals surface area (Å²) in [5.74, 6) is -0.426. The molecule has 1 aliphatic rings. The van der Waals surface area contributed by atoms with Gasteiger partial charge in [0.25, 0.3) is 0 Å². The number of likely N-dealkylation sites (N-methyl/N-ethyl adjacent to an activating group) is 1. The molecule has 5 nitrogen and oxygen atoms in total. The molecule has 1 fully saturated rings. The molecule has 0 N–H and O–H groups in total. The van der Waals surface area contributed by atoms with E-state index in [0.29, 0.717) is 25.5 Å². The minimum atomic E-state index is -0.612. The maximum Gasteiger partial charge on any atom is 0.316 e. The maximum atomic E-state index is 13.1. The molecule has 5 heteroatoms. The number of carbonyl (C=O) groups excluding carboxylic acids is 2. The molecule has 1 rings (SSSR count). The second-order valence-electron chi connectivity index (χ2n) is 10.3. The molecule has 1 heterocycles. The van der Waals surface area contributed by atoms with Gasteiger partial charge in [-0.3, -0.25) is 9.59 Å². The monoisotopic (exact) mass is 410 g/mol. The van der Waals surface area contributed by atoms with Gasteiger partial charge in [0.15, 0.2) is 0 Å². The number of hydrogen-bond donors (Lipinski definition) is 0. The van der Waals surface area contributed by atoms with Gasteiger partial charge in [-0.05, 0) is 70.6 Å². The van der Waals surface area contributed by atoms with Gasteiger partial charge < -0.3 is 14.5 Å². The first-order valence-electron chi connectivity index (χ1n) is 11.6. The lowest BCUT2D eigenvalue weighted by Crippen LogP contribution is -2.35. The summed E-state index contributed by atoms with van der Waals surface area (Å²) < 4.78 is 5.52. The Morgan fingerprint density at radius 1 is 1.00 bits per heavy atom. The van der Waals surface area contributed by atoms with Crippen molar-refractivity contribution in [1.82, 2.24) is 9.80 Å². The molecule has 0 spiro atoms. The Balaban J connectivity index is 2.90. The maximum absolute atomic E-state index is 13.1. The Kier molecular flexibility index (Phi) is 11.4. The van der Waals surface area contributed by atoms with Crippen molar-refractivity contribution in [3.8, 4) is 0 Å². The SMILES string of the molecule is CCCC1C(=O)OCCN(C)CCCCN(C)CC(C)CC(C)(C)CC(C)C1=O. The van der Waals surface area contributed by atoms with Crippen LogP contribution in [0.5, 0.6) is 0 Å². The van der Waals surface area contributed by atoms with Crippen molar-refractivity contribution in [3.05, 3.63) is 0 Å². The summed E-state index contributed by atoms with van der Waals surface area (Å²) in [5, 5.41) is 0. The molecule has 0 radical (unpaired) electrons. The zero-order chi connectivity index (χ0) is 22.0. The van der Waals surface area contributed by atoms with Crippen molar-refractivity contribution in [1.29, 1.82) is 0 Å². The van der Waals surface area contributed by atoms with Crippen LogP contribution in [0.2, 0.25) is 0 Å². The van der Waals surface area contributed by atoms with E-state index in [4.69, 9.17) is 4.74 Å². The van der Waals surface area contributed by atoms with E-state index in [2.05, 4.69) is 44.7 Å². The first kappa shape index (κ1) is 26.1. The van der Waals surface area contributed by atoms with Gasteiger partial charge in [-0.25, -0.2) is 0 Å². The molecule has 0 saturated carbocycles. The topological polar surface area (TPSA) is 49.9 Å². The van der Waals surface area contributed by atoms with Crippen molar-refractivity contribution >= 4 is 11.8 Å². The van der Waals surface area contributed by atoms with E-state index < -0.39 is 5.92 Å². The number of rotatable bonds is 2. The van der Waals surface area contributed by atoms with Crippen LogP contribution in [0.15, 0.2) is 0 Å². The van der Waals surface area contributed by atoms with Crippen LogP contribution in [0.1, 0.15) is 73.1 Å². The molecule has 1 aliphatic heterocycles. The van der Waals surface area contributed by atoms with Crippen molar-refractivity contribution in [3.63, 3.8) is 0 Å². The smallest absolute Gasteiger partial charge is 0.316 e. The first-order valence-corrected chi connectivity index (χ1v) is 11.6. The number of esters is 1. The van der Waals surface area contributed by atoms with E-state index in [1.54, 1.807) is 0 Å². The Bertz CT molecular complexity index is 506. The van der Waals surface area contributed by atoms with Gasteiger partial charge >= 0.3 is 5.97 Å². The fraction of sp³-hybridized carbons (Fsp3) is 0.917. The number of nitrogens with zero attached hydrogens (tertiary/aromatic N) is 2. The standard InChI is InChI=1S/C24H46N2O3/c1-8-11-21-22(27)20(3)17-24(4,5)16-19(2)18-26(7)13-10-9-12-25(6)14-15-29-23(21)28/h19-21H,8-18H2,1-7H3. The highest BCUT2D eigenvalue weighted by molar-refractivity contribution is 6.00. The fourth-order valence-electron chi connectivity index (χ4n) is 4.93. The second kappa shape index (κ2) is 12.7. The van der Waals surface area contributed by atoms with E-state index in [1.807, 2.05) is 13.8 Å². The van der Waals surface area contributed by atoms with Gasteiger partial charge in [0.1, 0.15) is 18.3 Å². The molecule has 0 aromatic rings. The third-order valence-electron chi connectivity index (χ3n) is 6.12. The Labute approximate surface area is 179 Å². The summed E-state index contributed by atoms with van der Waals surface area (Å²) >= 11 is 0. The van der Waals surface area contributed by atoms with Crippen LogP contribution in [0.25, 0.3) is 0 Å². The highest BCUT2D eigenvalue weighted by atomic mass is 16.5. The largest absolute Gasteiger partial charge is 0.464 e. The Morgan fingerprint density at radius 3 is 2.24 bits per heavy atom. The molecule has 0 bridgehead atoms. The summed E-state index contributed by atoms with van der Waals surface area (Å²) in [4.78, 5) is 30.4. The van der Waals surface area contributed by atoms with E-state index >= 15 is 0 Å². The second-order valence-corrected chi connectivity index (χ2v) is 10.3. The third-order valence-corrected chi connectivity index (χ3v) is 6.12. The molecule has 3 unspecified atom stereocenters. The van der Waals surface area contributed by atoms with Gasteiger partial charge in [-0.15, -0.1) is 0 Å². The van der Waals surface area contributed by atoms with Crippen LogP contribution in [-0.4, -0.2) is 68.4 Å². The summed E-state index contributed by atoms with van der Waals surface area (Å²) in [6, 6.07) is 0. The summed E-state index contributed by atoms with van der Waals surface area (Å²) in [7, 11) is 4.28. The van der Waals surface area contributed by atoms with Gasteiger partial charge in [0, 0.05) is 19.0 Å². The quantitative estimate of drug-likeness (QED) is 0.503. The number of hydrogen-bond acceptors (Lipinski definition) is 5. The fourth-order valence-corrected chi connectivity index (χ4v) is 4.93. The first-order chi connectivity index (χ1) is 13.6. The Morgan fingerprint density at radius 2 is 1.62 bits per heavy atom. The minimum Gasteiger partial charge on any atom is -0.464 e.